The Bertz CT molecular complexity index is 883. The van der Waals surface area contributed by atoms with Gasteiger partial charge in [-0.2, -0.15) is 0 Å². The number of nitrogens with one attached hydrogen (secondary N) is 1. The number of nitrogens with zero attached hydrogens (tertiary/aromatic N) is 3. The zero-order valence-electron chi connectivity index (χ0n) is 12.2. The third kappa shape index (κ3) is 3.88. The number of hydrogen-bond acceptors (Lipinski definition) is 6. The first kappa shape index (κ1) is 16.4. The molecule has 3 rings (SSSR count). The van der Waals surface area contributed by atoms with Crippen LogP contribution in [-0.4, -0.2) is 35.5 Å². The van der Waals surface area contributed by atoms with Gasteiger partial charge in [0.25, 0.3) is 5.91 Å². The molecule has 0 saturated heterocycles. The van der Waals surface area contributed by atoms with E-state index < -0.39 is 17.0 Å². The highest BCUT2D eigenvalue weighted by atomic mass is 32.2. The van der Waals surface area contributed by atoms with Crippen molar-refractivity contribution in [2.24, 2.45) is 0 Å². The van der Waals surface area contributed by atoms with Crippen molar-refractivity contribution in [2.45, 2.75) is 0 Å². The van der Waals surface area contributed by atoms with E-state index in [2.05, 4.69) is 20.3 Å². The SMILES string of the molecule is O=C(NCS(=O)O)c1cccc(-c2cnc(-c3cccnc3)s2)n1. The van der Waals surface area contributed by atoms with Crippen LogP contribution < -0.4 is 5.32 Å². The molecule has 2 N–H and O–H groups in total. The van der Waals surface area contributed by atoms with Crippen molar-refractivity contribution in [3.8, 4) is 21.1 Å². The molecule has 0 aliphatic heterocycles. The van der Waals surface area contributed by atoms with E-state index in [1.54, 1.807) is 36.8 Å². The molecule has 7 nitrogen and oxygen atoms in total. The smallest absolute Gasteiger partial charge is 0.270 e. The van der Waals surface area contributed by atoms with Crippen molar-refractivity contribution in [2.75, 3.05) is 5.88 Å². The van der Waals surface area contributed by atoms with Gasteiger partial charge in [0.05, 0.1) is 10.6 Å². The van der Waals surface area contributed by atoms with Crippen molar-refractivity contribution in [3.05, 3.63) is 54.6 Å². The minimum absolute atomic E-state index is 0.175. The molecule has 1 amide bonds. The lowest BCUT2D eigenvalue weighted by atomic mass is 10.2. The Labute approximate surface area is 144 Å². The van der Waals surface area contributed by atoms with Crippen LogP contribution in [0.1, 0.15) is 10.5 Å². The van der Waals surface area contributed by atoms with Crippen molar-refractivity contribution >= 4 is 28.3 Å². The molecule has 9 heteroatoms. The maximum Gasteiger partial charge on any atom is 0.270 e. The van der Waals surface area contributed by atoms with Crippen LogP contribution in [-0.2, 0) is 11.1 Å². The fraction of sp³-hybridized carbons (Fsp3) is 0.0667. The maximum atomic E-state index is 11.9. The van der Waals surface area contributed by atoms with Gasteiger partial charge in [-0.05, 0) is 24.3 Å². The predicted octanol–water partition coefficient (Wildman–Crippen LogP) is 2.18. The van der Waals surface area contributed by atoms with Gasteiger partial charge in [-0.3, -0.25) is 9.78 Å². The molecule has 3 heterocycles. The predicted molar refractivity (Wildman–Crippen MR) is 91.7 cm³/mol. The molecule has 0 aromatic carbocycles. The quantitative estimate of drug-likeness (QED) is 0.676. The van der Waals surface area contributed by atoms with Gasteiger partial charge in [0, 0.05) is 24.2 Å². The van der Waals surface area contributed by atoms with E-state index in [0.29, 0.717) is 5.69 Å². The molecule has 122 valence electrons. The van der Waals surface area contributed by atoms with Gasteiger partial charge in [-0.25, -0.2) is 14.2 Å². The number of rotatable bonds is 5. The minimum Gasteiger partial charge on any atom is -0.337 e. The molecule has 0 radical (unpaired) electrons. The standard InChI is InChI=1S/C15H12N4O3S2/c20-14(18-9-24(21)22)12-5-1-4-11(19-12)13-8-17-15(23-13)10-3-2-6-16-7-10/h1-8H,9H2,(H,18,20)(H,21,22). The number of thiazole rings is 1. The van der Waals surface area contributed by atoms with Crippen molar-refractivity contribution in [1.29, 1.82) is 0 Å². The molecule has 1 unspecified atom stereocenters. The van der Waals surface area contributed by atoms with Crippen LogP contribution in [0.2, 0.25) is 0 Å². The summed E-state index contributed by atoms with van der Waals surface area (Å²) in [6, 6.07) is 8.78. The topological polar surface area (TPSA) is 105 Å². The first-order valence-corrected chi connectivity index (χ1v) is 8.92. The second kappa shape index (κ2) is 7.39. The van der Waals surface area contributed by atoms with Crippen LogP contribution in [0.5, 0.6) is 0 Å². The monoisotopic (exact) mass is 360 g/mol. The largest absolute Gasteiger partial charge is 0.337 e. The van der Waals surface area contributed by atoms with Crippen LogP contribution >= 0.6 is 11.3 Å². The lowest BCUT2D eigenvalue weighted by Gasteiger charge is -2.03. The number of carbonyl (C=O) groups excluding carboxylic acids is 1. The third-order valence-corrected chi connectivity index (χ3v) is 4.46. The normalized spacial score (nSPS) is 11.9. The maximum absolute atomic E-state index is 11.9. The zero-order chi connectivity index (χ0) is 16.9. The summed E-state index contributed by atoms with van der Waals surface area (Å²) in [5.41, 5.74) is 1.70. The van der Waals surface area contributed by atoms with Crippen LogP contribution in [0, 0.1) is 0 Å². The molecule has 3 aromatic heterocycles. The molecular weight excluding hydrogens is 348 g/mol. The molecule has 24 heavy (non-hydrogen) atoms. The molecule has 0 aliphatic carbocycles. The van der Waals surface area contributed by atoms with Crippen molar-refractivity contribution < 1.29 is 13.6 Å². The summed E-state index contributed by atoms with van der Waals surface area (Å²) in [6.45, 7) is 0. The molecule has 0 bridgehead atoms. The Hall–Kier alpha value is -2.49. The fourth-order valence-electron chi connectivity index (χ4n) is 1.93. The minimum atomic E-state index is -2.09. The highest BCUT2D eigenvalue weighted by Gasteiger charge is 2.12. The Balaban J connectivity index is 1.83. The van der Waals surface area contributed by atoms with E-state index in [1.807, 2.05) is 12.1 Å². The molecular formula is C15H12N4O3S2. The molecule has 1 atom stereocenters. The highest BCUT2D eigenvalue weighted by molar-refractivity contribution is 7.79. The van der Waals surface area contributed by atoms with Gasteiger partial charge in [-0.1, -0.05) is 6.07 Å². The van der Waals surface area contributed by atoms with Gasteiger partial charge in [-0.15, -0.1) is 11.3 Å². The van der Waals surface area contributed by atoms with E-state index in [9.17, 15) is 9.00 Å². The number of hydrogen-bond donors (Lipinski definition) is 2. The number of aromatic nitrogens is 3. The third-order valence-electron chi connectivity index (χ3n) is 3.00. The summed E-state index contributed by atoms with van der Waals surface area (Å²) in [7, 11) is 0. The van der Waals surface area contributed by atoms with Gasteiger partial charge in [0.1, 0.15) is 16.6 Å². The van der Waals surface area contributed by atoms with E-state index in [-0.39, 0.29) is 11.6 Å². The lowest BCUT2D eigenvalue weighted by molar-refractivity contribution is 0.0955. The Kier molecular flexibility index (Phi) is 5.04. The van der Waals surface area contributed by atoms with Gasteiger partial charge in [0.15, 0.2) is 11.1 Å². The van der Waals surface area contributed by atoms with Crippen LogP contribution in [0.4, 0.5) is 0 Å². The second-order valence-electron chi connectivity index (χ2n) is 4.65. The zero-order valence-corrected chi connectivity index (χ0v) is 13.9. The van der Waals surface area contributed by atoms with E-state index in [1.165, 1.54) is 11.3 Å². The molecule has 3 aromatic rings. The van der Waals surface area contributed by atoms with Crippen LogP contribution in [0.25, 0.3) is 21.1 Å². The number of pyridine rings is 2. The highest BCUT2D eigenvalue weighted by Crippen LogP contribution is 2.30. The van der Waals surface area contributed by atoms with E-state index >= 15 is 0 Å². The fourth-order valence-corrected chi connectivity index (χ4v) is 3.06. The first-order chi connectivity index (χ1) is 11.6. The van der Waals surface area contributed by atoms with Crippen molar-refractivity contribution in [3.63, 3.8) is 0 Å². The summed E-state index contributed by atoms with van der Waals surface area (Å²) >= 11 is -0.649. The first-order valence-electron chi connectivity index (χ1n) is 6.83. The van der Waals surface area contributed by atoms with Crippen LogP contribution in [0.3, 0.4) is 0 Å². The molecule has 0 spiro atoms. The summed E-state index contributed by atoms with van der Waals surface area (Å²) in [5.74, 6) is -0.840. The number of amides is 1. The molecule has 0 saturated carbocycles. The Morgan fingerprint density at radius 2 is 2.12 bits per heavy atom. The van der Waals surface area contributed by atoms with Crippen LogP contribution in [0.15, 0.2) is 48.9 Å². The average molecular weight is 360 g/mol. The van der Waals surface area contributed by atoms with E-state index in [4.69, 9.17) is 4.55 Å². The number of carbonyl (C=O) groups is 1. The van der Waals surface area contributed by atoms with Gasteiger partial charge < -0.3 is 9.87 Å². The summed E-state index contributed by atoms with van der Waals surface area (Å²) < 4.78 is 19.3. The second-order valence-corrected chi connectivity index (χ2v) is 6.61. The lowest BCUT2D eigenvalue weighted by Crippen LogP contribution is -2.27. The Morgan fingerprint density at radius 1 is 1.25 bits per heavy atom. The van der Waals surface area contributed by atoms with Gasteiger partial charge >= 0.3 is 0 Å². The van der Waals surface area contributed by atoms with Crippen molar-refractivity contribution in [1.82, 2.24) is 20.3 Å². The van der Waals surface area contributed by atoms with Gasteiger partial charge in [0.2, 0.25) is 0 Å². The molecule has 0 fully saturated rings. The summed E-state index contributed by atoms with van der Waals surface area (Å²) in [6.07, 6.45) is 5.12. The molecule has 0 aliphatic rings. The summed E-state index contributed by atoms with van der Waals surface area (Å²) in [5, 5.41) is 3.15. The summed E-state index contributed by atoms with van der Waals surface area (Å²) in [4.78, 5) is 25.5. The van der Waals surface area contributed by atoms with E-state index in [0.717, 1.165) is 15.4 Å². The Morgan fingerprint density at radius 3 is 2.88 bits per heavy atom. The average Bonchev–Trinajstić information content (AvgIpc) is 3.11.